The van der Waals surface area contributed by atoms with Crippen molar-refractivity contribution in [1.29, 1.82) is 0 Å². The largest absolute Gasteiger partial charge is 0.274 e. The Balaban J connectivity index is 2.03. The van der Waals surface area contributed by atoms with Crippen LogP contribution in [0.1, 0.15) is 27.2 Å². The zero-order chi connectivity index (χ0) is 17.3. The van der Waals surface area contributed by atoms with Crippen molar-refractivity contribution in [2.45, 2.75) is 20.4 Å². The van der Waals surface area contributed by atoms with E-state index in [0.29, 0.717) is 12.1 Å². The molecular weight excluding hydrogens is 327 g/mol. The fraction of sp³-hybridized carbons (Fsp3) is 0.158. The summed E-state index contributed by atoms with van der Waals surface area (Å²) in [4.78, 5) is 11.5. The minimum atomic E-state index is -0.614. The maximum absolute atomic E-state index is 13.8. The average molecular weight is 343 g/mol. The van der Waals surface area contributed by atoms with Gasteiger partial charge in [0.15, 0.2) is 0 Å². The van der Waals surface area contributed by atoms with E-state index in [1.165, 1.54) is 6.07 Å². The van der Waals surface area contributed by atoms with Gasteiger partial charge in [0.2, 0.25) is 0 Å². The molecule has 0 radical (unpaired) electrons. The lowest BCUT2D eigenvalue weighted by Gasteiger charge is -2.09. The van der Waals surface area contributed by atoms with Gasteiger partial charge in [-0.3, -0.25) is 9.48 Å². The lowest BCUT2D eigenvalue weighted by molar-refractivity contribution is 0.107. The van der Waals surface area contributed by atoms with Crippen LogP contribution in [0.4, 0.5) is 4.39 Å². The van der Waals surface area contributed by atoms with E-state index in [2.05, 4.69) is 5.10 Å². The second-order valence-electron chi connectivity index (χ2n) is 5.80. The molecule has 0 aliphatic rings. The molecule has 0 spiro atoms. The summed E-state index contributed by atoms with van der Waals surface area (Å²) in [5, 5.41) is 3.65. The highest BCUT2D eigenvalue weighted by Gasteiger charge is 2.14. The van der Waals surface area contributed by atoms with Crippen LogP contribution in [0.5, 0.6) is 0 Å². The standard InChI is InChI=1S/C19H16ClFN2O/c1-12-3-7-15(8-4-12)18-10-17(19(20)24)22-23(18)11-14-6-5-13(2)16(21)9-14/h3-10H,11H2,1-2H3. The van der Waals surface area contributed by atoms with Crippen LogP contribution < -0.4 is 0 Å². The number of nitrogens with zero attached hydrogens (tertiary/aromatic N) is 2. The third-order valence-electron chi connectivity index (χ3n) is 3.90. The Kier molecular flexibility index (Phi) is 4.49. The molecule has 0 aliphatic heterocycles. The van der Waals surface area contributed by atoms with Gasteiger partial charge in [0.1, 0.15) is 11.5 Å². The fourth-order valence-electron chi connectivity index (χ4n) is 2.50. The fourth-order valence-corrected chi connectivity index (χ4v) is 2.59. The molecule has 0 saturated heterocycles. The van der Waals surface area contributed by atoms with Gasteiger partial charge in [-0.2, -0.15) is 5.10 Å². The molecule has 1 heterocycles. The number of aromatic nitrogens is 2. The lowest BCUT2D eigenvalue weighted by atomic mass is 10.1. The Hall–Kier alpha value is -2.46. The molecule has 3 rings (SSSR count). The summed E-state index contributed by atoms with van der Waals surface area (Å²) in [6, 6.07) is 14.6. The van der Waals surface area contributed by atoms with Gasteiger partial charge < -0.3 is 0 Å². The Labute approximate surface area is 144 Å². The van der Waals surface area contributed by atoms with Crippen LogP contribution in [0.25, 0.3) is 11.3 Å². The smallest absolute Gasteiger partial charge is 0.272 e. The van der Waals surface area contributed by atoms with Crippen LogP contribution in [0.3, 0.4) is 0 Å². The predicted octanol–water partition coefficient (Wildman–Crippen LogP) is 4.73. The van der Waals surface area contributed by atoms with E-state index in [1.54, 1.807) is 23.7 Å². The van der Waals surface area contributed by atoms with E-state index >= 15 is 0 Å². The zero-order valence-electron chi connectivity index (χ0n) is 13.4. The monoisotopic (exact) mass is 342 g/mol. The van der Waals surface area contributed by atoms with Gasteiger partial charge >= 0.3 is 0 Å². The highest BCUT2D eigenvalue weighted by molar-refractivity contribution is 6.67. The van der Waals surface area contributed by atoms with Gasteiger partial charge in [-0.15, -0.1) is 0 Å². The van der Waals surface area contributed by atoms with Crippen LogP contribution in [0.15, 0.2) is 48.5 Å². The van der Waals surface area contributed by atoms with Crippen molar-refractivity contribution in [1.82, 2.24) is 9.78 Å². The second kappa shape index (κ2) is 6.57. The molecule has 0 atom stereocenters. The highest BCUT2D eigenvalue weighted by Crippen LogP contribution is 2.23. The first-order valence-electron chi connectivity index (χ1n) is 7.54. The molecule has 0 bridgehead atoms. The van der Waals surface area contributed by atoms with Gasteiger partial charge in [-0.05, 0) is 54.3 Å². The van der Waals surface area contributed by atoms with E-state index in [0.717, 1.165) is 22.4 Å². The van der Waals surface area contributed by atoms with Crippen LogP contribution >= 0.6 is 11.6 Å². The predicted molar refractivity (Wildman–Crippen MR) is 92.8 cm³/mol. The first kappa shape index (κ1) is 16.4. The molecule has 2 aromatic carbocycles. The van der Waals surface area contributed by atoms with E-state index < -0.39 is 5.24 Å². The summed E-state index contributed by atoms with van der Waals surface area (Å²) in [7, 11) is 0. The molecule has 24 heavy (non-hydrogen) atoms. The number of halogens is 2. The summed E-state index contributed by atoms with van der Waals surface area (Å²) < 4.78 is 15.4. The molecule has 0 saturated carbocycles. The van der Waals surface area contributed by atoms with Gasteiger partial charge in [0.25, 0.3) is 5.24 Å². The van der Waals surface area contributed by atoms with Crippen LogP contribution in [0.2, 0.25) is 0 Å². The molecule has 3 nitrogen and oxygen atoms in total. The van der Waals surface area contributed by atoms with Crippen molar-refractivity contribution in [2.24, 2.45) is 0 Å². The number of hydrogen-bond acceptors (Lipinski definition) is 2. The van der Waals surface area contributed by atoms with E-state index in [9.17, 15) is 9.18 Å². The average Bonchev–Trinajstić information content (AvgIpc) is 2.96. The summed E-state index contributed by atoms with van der Waals surface area (Å²) in [6.07, 6.45) is 0. The third-order valence-corrected chi connectivity index (χ3v) is 4.09. The highest BCUT2D eigenvalue weighted by atomic mass is 35.5. The maximum atomic E-state index is 13.8. The van der Waals surface area contributed by atoms with Gasteiger partial charge in [-0.25, -0.2) is 4.39 Å². The molecule has 0 fully saturated rings. The first-order chi connectivity index (χ1) is 11.4. The minimum absolute atomic E-state index is 0.180. The number of carbonyl (C=O) groups is 1. The maximum Gasteiger partial charge on any atom is 0.272 e. The molecule has 0 aliphatic carbocycles. The van der Waals surface area contributed by atoms with E-state index in [4.69, 9.17) is 11.6 Å². The zero-order valence-corrected chi connectivity index (χ0v) is 14.1. The third kappa shape index (κ3) is 3.39. The minimum Gasteiger partial charge on any atom is -0.274 e. The topological polar surface area (TPSA) is 34.9 Å². The molecule has 122 valence electrons. The normalized spacial score (nSPS) is 10.8. The van der Waals surface area contributed by atoms with Gasteiger partial charge in [0.05, 0.1) is 12.2 Å². The van der Waals surface area contributed by atoms with E-state index in [1.807, 2.05) is 37.3 Å². The molecule has 5 heteroatoms. The summed E-state index contributed by atoms with van der Waals surface area (Å²) in [5.74, 6) is -0.259. The van der Waals surface area contributed by atoms with Crippen LogP contribution in [-0.4, -0.2) is 15.0 Å². The summed E-state index contributed by atoms with van der Waals surface area (Å²) >= 11 is 5.58. The second-order valence-corrected chi connectivity index (χ2v) is 6.14. The lowest BCUT2D eigenvalue weighted by Crippen LogP contribution is -2.05. The molecule has 3 aromatic rings. The van der Waals surface area contributed by atoms with Crippen molar-refractivity contribution in [3.8, 4) is 11.3 Å². The Morgan fingerprint density at radius 2 is 1.83 bits per heavy atom. The number of rotatable bonds is 4. The van der Waals surface area contributed by atoms with Crippen LogP contribution in [0, 0.1) is 19.7 Å². The summed E-state index contributed by atoms with van der Waals surface area (Å²) in [6.45, 7) is 4.07. The number of hydrogen-bond donors (Lipinski definition) is 0. The van der Waals surface area contributed by atoms with Crippen molar-refractivity contribution < 1.29 is 9.18 Å². The van der Waals surface area contributed by atoms with Crippen molar-refractivity contribution in [3.05, 3.63) is 76.7 Å². The Morgan fingerprint density at radius 1 is 1.12 bits per heavy atom. The molecule has 0 amide bonds. The molecule has 0 N–H and O–H groups in total. The SMILES string of the molecule is Cc1ccc(-c2cc(C(=O)Cl)nn2Cc2ccc(C)c(F)c2)cc1. The van der Waals surface area contributed by atoms with Gasteiger partial charge in [-0.1, -0.05) is 42.0 Å². The first-order valence-corrected chi connectivity index (χ1v) is 7.91. The number of benzene rings is 2. The Morgan fingerprint density at radius 3 is 2.46 bits per heavy atom. The molecule has 1 aromatic heterocycles. The molecular formula is C19H16ClFN2O. The van der Waals surface area contributed by atoms with E-state index in [-0.39, 0.29) is 11.5 Å². The number of carbonyl (C=O) groups excluding carboxylic acids is 1. The number of aryl methyl sites for hydroxylation is 2. The quantitative estimate of drug-likeness (QED) is 0.642. The van der Waals surface area contributed by atoms with Crippen LogP contribution in [-0.2, 0) is 6.54 Å². The van der Waals surface area contributed by atoms with Gasteiger partial charge in [0, 0.05) is 0 Å². The Bertz CT molecular complexity index is 900. The van der Waals surface area contributed by atoms with Crippen molar-refractivity contribution >= 4 is 16.8 Å². The van der Waals surface area contributed by atoms with Crippen molar-refractivity contribution in [3.63, 3.8) is 0 Å². The van der Waals surface area contributed by atoms with Crippen molar-refractivity contribution in [2.75, 3.05) is 0 Å². The molecule has 0 unspecified atom stereocenters. The summed E-state index contributed by atoms with van der Waals surface area (Å²) in [5.41, 5.74) is 4.36.